The number of aromatic nitrogens is 2. The van der Waals surface area contributed by atoms with Crippen LogP contribution in [0.4, 0.5) is 11.6 Å². The second kappa shape index (κ2) is 5.86. The van der Waals surface area contributed by atoms with Gasteiger partial charge in [0.05, 0.1) is 26.8 Å². The van der Waals surface area contributed by atoms with Crippen molar-refractivity contribution in [1.82, 2.24) is 9.55 Å². The summed E-state index contributed by atoms with van der Waals surface area (Å²) in [7, 11) is 0. The average Bonchev–Trinajstić information content (AvgIpc) is 2.96. The highest BCUT2D eigenvalue weighted by Gasteiger charge is 2.26. The fourth-order valence-electron chi connectivity index (χ4n) is 3.12. The van der Waals surface area contributed by atoms with Crippen LogP contribution < -0.4 is 4.90 Å². The number of benzene rings is 2. The Balaban J connectivity index is 1.97. The van der Waals surface area contributed by atoms with E-state index in [0.717, 1.165) is 36.7 Å². The van der Waals surface area contributed by atoms with E-state index in [0.29, 0.717) is 26.1 Å². The number of imidazole rings is 1. The zero-order valence-electron chi connectivity index (χ0n) is 12.4. The number of hydrogen-bond acceptors (Lipinski definition) is 3. The van der Waals surface area contributed by atoms with Gasteiger partial charge in [0.1, 0.15) is 11.6 Å². The standard InChI is InChI=1S/C17H11Cl3N4/c18-11-3-5-14(13(20)8-11)23-6-1-7-24-16-10(9-21)2-4-12(19)15(16)22-17(23)24/h2-5,8H,1,6-7H2. The molecule has 0 fully saturated rings. The molecule has 0 aliphatic carbocycles. The highest BCUT2D eigenvalue weighted by atomic mass is 35.5. The van der Waals surface area contributed by atoms with Gasteiger partial charge in [-0.2, -0.15) is 5.26 Å². The van der Waals surface area contributed by atoms with E-state index in [4.69, 9.17) is 39.8 Å². The fourth-order valence-corrected chi connectivity index (χ4v) is 3.82. The van der Waals surface area contributed by atoms with Crippen molar-refractivity contribution in [3.8, 4) is 6.07 Å². The van der Waals surface area contributed by atoms with E-state index in [2.05, 4.69) is 6.07 Å². The Morgan fingerprint density at radius 3 is 2.62 bits per heavy atom. The van der Waals surface area contributed by atoms with Crippen LogP contribution in [-0.4, -0.2) is 16.1 Å². The molecule has 7 heteroatoms. The maximum atomic E-state index is 9.42. The molecule has 0 unspecified atom stereocenters. The molecule has 1 aliphatic heterocycles. The highest BCUT2D eigenvalue weighted by Crippen LogP contribution is 2.39. The van der Waals surface area contributed by atoms with Gasteiger partial charge < -0.3 is 9.47 Å². The quantitative estimate of drug-likeness (QED) is 0.569. The van der Waals surface area contributed by atoms with Crippen LogP contribution >= 0.6 is 34.8 Å². The minimum Gasteiger partial charge on any atom is -0.310 e. The molecule has 1 aliphatic rings. The Morgan fingerprint density at radius 1 is 1.04 bits per heavy atom. The zero-order valence-corrected chi connectivity index (χ0v) is 14.7. The van der Waals surface area contributed by atoms with Gasteiger partial charge in [0.15, 0.2) is 0 Å². The third kappa shape index (κ3) is 2.32. The van der Waals surface area contributed by atoms with Gasteiger partial charge in [0, 0.05) is 18.1 Å². The van der Waals surface area contributed by atoms with Gasteiger partial charge >= 0.3 is 0 Å². The minimum atomic E-state index is 0.535. The van der Waals surface area contributed by atoms with E-state index in [1.807, 2.05) is 15.5 Å². The summed E-state index contributed by atoms with van der Waals surface area (Å²) in [6.07, 6.45) is 0.912. The second-order valence-electron chi connectivity index (χ2n) is 5.57. The number of aryl methyl sites for hydroxylation is 1. The van der Waals surface area contributed by atoms with E-state index < -0.39 is 0 Å². The van der Waals surface area contributed by atoms with Crippen molar-refractivity contribution in [1.29, 1.82) is 5.26 Å². The lowest BCUT2D eigenvalue weighted by atomic mass is 10.2. The number of rotatable bonds is 1. The lowest BCUT2D eigenvalue weighted by Gasteiger charge is -2.30. The molecule has 0 radical (unpaired) electrons. The zero-order chi connectivity index (χ0) is 16.8. The molecule has 4 nitrogen and oxygen atoms in total. The van der Waals surface area contributed by atoms with Gasteiger partial charge in [-0.1, -0.05) is 34.8 Å². The summed E-state index contributed by atoms with van der Waals surface area (Å²) < 4.78 is 2.04. The summed E-state index contributed by atoms with van der Waals surface area (Å²) in [5.41, 5.74) is 2.82. The number of halogens is 3. The van der Waals surface area contributed by atoms with Gasteiger partial charge in [-0.05, 0) is 36.8 Å². The predicted octanol–water partition coefficient (Wildman–Crippen LogP) is 5.41. The molecule has 0 amide bonds. The maximum absolute atomic E-state index is 9.42. The third-order valence-corrected chi connectivity index (χ3v) is 4.99. The average molecular weight is 378 g/mol. The predicted molar refractivity (Wildman–Crippen MR) is 97.5 cm³/mol. The topological polar surface area (TPSA) is 44.9 Å². The van der Waals surface area contributed by atoms with Crippen LogP contribution in [0.15, 0.2) is 30.3 Å². The van der Waals surface area contributed by atoms with E-state index in [9.17, 15) is 5.26 Å². The van der Waals surface area contributed by atoms with Crippen molar-refractivity contribution in [2.45, 2.75) is 13.0 Å². The first kappa shape index (κ1) is 15.6. The van der Waals surface area contributed by atoms with E-state index in [-0.39, 0.29) is 0 Å². The molecule has 3 aromatic rings. The van der Waals surface area contributed by atoms with Gasteiger partial charge in [0.25, 0.3) is 0 Å². The first-order valence-electron chi connectivity index (χ1n) is 7.41. The van der Waals surface area contributed by atoms with Gasteiger partial charge in [-0.3, -0.25) is 0 Å². The molecule has 0 saturated heterocycles. The Labute approximate surface area is 153 Å². The monoisotopic (exact) mass is 376 g/mol. The van der Waals surface area contributed by atoms with Gasteiger partial charge in [-0.15, -0.1) is 0 Å². The number of nitrogens with zero attached hydrogens (tertiary/aromatic N) is 4. The minimum absolute atomic E-state index is 0.535. The number of anilines is 2. The number of hydrogen-bond donors (Lipinski definition) is 0. The van der Waals surface area contributed by atoms with Crippen molar-refractivity contribution < 1.29 is 0 Å². The molecular formula is C17H11Cl3N4. The normalized spacial score (nSPS) is 13.8. The molecule has 0 bridgehead atoms. The first-order valence-corrected chi connectivity index (χ1v) is 8.55. The molecule has 4 rings (SSSR count). The summed E-state index contributed by atoms with van der Waals surface area (Å²) >= 11 is 18.7. The van der Waals surface area contributed by atoms with Crippen molar-refractivity contribution in [2.75, 3.05) is 11.4 Å². The summed E-state index contributed by atoms with van der Waals surface area (Å²) in [5, 5.41) is 11.1. The summed E-state index contributed by atoms with van der Waals surface area (Å²) in [6.45, 7) is 1.56. The summed E-state index contributed by atoms with van der Waals surface area (Å²) in [5.74, 6) is 0.741. The third-order valence-electron chi connectivity index (χ3n) is 4.15. The number of fused-ring (bicyclic) bond motifs is 3. The number of nitriles is 1. The van der Waals surface area contributed by atoms with E-state index >= 15 is 0 Å². The van der Waals surface area contributed by atoms with Crippen molar-refractivity contribution in [2.24, 2.45) is 0 Å². The molecule has 0 atom stereocenters. The van der Waals surface area contributed by atoms with Gasteiger partial charge in [-0.25, -0.2) is 4.98 Å². The Bertz CT molecular complexity index is 1000. The van der Waals surface area contributed by atoms with Crippen LogP contribution in [0.5, 0.6) is 0 Å². The largest absolute Gasteiger partial charge is 0.310 e. The lowest BCUT2D eigenvalue weighted by molar-refractivity contribution is 0.604. The maximum Gasteiger partial charge on any atom is 0.211 e. The summed E-state index contributed by atoms with van der Waals surface area (Å²) in [4.78, 5) is 6.74. The van der Waals surface area contributed by atoms with Gasteiger partial charge in [0.2, 0.25) is 5.95 Å². The Kier molecular flexibility index (Phi) is 3.80. The SMILES string of the molecule is N#Cc1ccc(Cl)c2nc3n(c12)CCCN3c1ccc(Cl)cc1Cl. The molecule has 0 N–H and O–H groups in total. The Morgan fingerprint density at radius 2 is 1.88 bits per heavy atom. The highest BCUT2D eigenvalue weighted by molar-refractivity contribution is 6.36. The first-order chi connectivity index (χ1) is 11.6. The van der Waals surface area contributed by atoms with E-state index in [1.54, 1.807) is 24.3 Å². The molecule has 120 valence electrons. The van der Waals surface area contributed by atoms with Crippen LogP contribution in [0.1, 0.15) is 12.0 Å². The second-order valence-corrected chi connectivity index (χ2v) is 6.82. The Hall–Kier alpha value is -1.93. The molecule has 0 spiro atoms. The molecule has 0 saturated carbocycles. The van der Waals surface area contributed by atoms with Crippen molar-refractivity contribution in [3.05, 3.63) is 51.0 Å². The smallest absolute Gasteiger partial charge is 0.211 e. The molecule has 24 heavy (non-hydrogen) atoms. The van der Waals surface area contributed by atoms with Crippen molar-refractivity contribution >= 4 is 57.5 Å². The summed E-state index contributed by atoms with van der Waals surface area (Å²) in [6, 6.07) is 11.1. The van der Waals surface area contributed by atoms with Crippen molar-refractivity contribution in [3.63, 3.8) is 0 Å². The van der Waals surface area contributed by atoms with Crippen LogP contribution in [0.2, 0.25) is 15.1 Å². The van der Waals surface area contributed by atoms with Crippen LogP contribution in [0.25, 0.3) is 11.0 Å². The fraction of sp³-hybridized carbons (Fsp3) is 0.176. The van der Waals surface area contributed by atoms with Crippen LogP contribution in [0.3, 0.4) is 0 Å². The molecule has 2 heterocycles. The molecule has 2 aromatic carbocycles. The van der Waals surface area contributed by atoms with E-state index in [1.165, 1.54) is 0 Å². The molecule has 1 aromatic heterocycles. The lowest BCUT2D eigenvalue weighted by Crippen LogP contribution is -2.28. The molecular weight excluding hydrogens is 367 g/mol. The van der Waals surface area contributed by atoms with Crippen LogP contribution in [-0.2, 0) is 6.54 Å². The van der Waals surface area contributed by atoms with Crippen LogP contribution in [0, 0.1) is 11.3 Å².